The summed E-state index contributed by atoms with van der Waals surface area (Å²) < 4.78 is 0. The van der Waals surface area contributed by atoms with Crippen LogP contribution in [-0.4, -0.2) is 11.8 Å². The number of carbonyl (C=O) groups excluding carboxylic acids is 2. The third kappa shape index (κ3) is 4.47. The molecule has 0 radical (unpaired) electrons. The molecular formula is C21H26N2O2. The van der Waals surface area contributed by atoms with E-state index < -0.39 is 5.41 Å². The van der Waals surface area contributed by atoms with E-state index in [9.17, 15) is 9.59 Å². The van der Waals surface area contributed by atoms with E-state index in [1.807, 2.05) is 69.3 Å². The number of aryl methyl sites for hydroxylation is 2. The highest BCUT2D eigenvalue weighted by Gasteiger charge is 2.37. The summed E-state index contributed by atoms with van der Waals surface area (Å²) in [5.41, 5.74) is 2.65. The molecule has 0 spiro atoms. The Hall–Kier alpha value is -2.62. The molecule has 0 aromatic heterocycles. The number of anilines is 1. The molecule has 4 nitrogen and oxygen atoms in total. The standard InChI is InChI=1S/C21H26N2O2/c1-14-11-12-18(15(2)13-14)23-20(25)21(4,5)19(24)22-16(3)17-9-7-6-8-10-17/h6-13,16H,1-5H3,(H,22,24)(H,23,25). The van der Waals surface area contributed by atoms with Crippen molar-refractivity contribution >= 4 is 17.5 Å². The second kappa shape index (κ2) is 7.51. The monoisotopic (exact) mass is 338 g/mol. The second-order valence-corrected chi connectivity index (χ2v) is 7.00. The number of carbonyl (C=O) groups is 2. The highest BCUT2D eigenvalue weighted by atomic mass is 16.2. The van der Waals surface area contributed by atoms with Gasteiger partial charge in [0.05, 0.1) is 6.04 Å². The van der Waals surface area contributed by atoms with Crippen LogP contribution in [0.25, 0.3) is 0 Å². The lowest BCUT2D eigenvalue weighted by Gasteiger charge is -2.25. The molecule has 0 bridgehead atoms. The van der Waals surface area contributed by atoms with Gasteiger partial charge < -0.3 is 10.6 Å². The maximum atomic E-state index is 12.7. The lowest BCUT2D eigenvalue weighted by Crippen LogP contribution is -2.45. The zero-order chi connectivity index (χ0) is 18.6. The zero-order valence-corrected chi connectivity index (χ0v) is 15.5. The largest absolute Gasteiger partial charge is 0.349 e. The normalized spacial score (nSPS) is 12.4. The fourth-order valence-corrected chi connectivity index (χ4v) is 2.54. The molecule has 2 amide bonds. The van der Waals surface area contributed by atoms with E-state index in [-0.39, 0.29) is 17.9 Å². The fraction of sp³-hybridized carbons (Fsp3) is 0.333. The Morgan fingerprint density at radius 3 is 2.20 bits per heavy atom. The first-order valence-corrected chi connectivity index (χ1v) is 8.46. The molecule has 1 atom stereocenters. The first-order valence-electron chi connectivity index (χ1n) is 8.46. The predicted molar refractivity (Wildman–Crippen MR) is 101 cm³/mol. The van der Waals surface area contributed by atoms with Gasteiger partial charge in [0, 0.05) is 5.69 Å². The number of nitrogens with one attached hydrogen (secondary N) is 2. The molecule has 2 aromatic carbocycles. The van der Waals surface area contributed by atoms with E-state index >= 15 is 0 Å². The molecule has 4 heteroatoms. The van der Waals surface area contributed by atoms with Crippen LogP contribution >= 0.6 is 0 Å². The predicted octanol–water partition coefficient (Wildman–Crippen LogP) is 4.15. The summed E-state index contributed by atoms with van der Waals surface area (Å²) in [7, 11) is 0. The maximum absolute atomic E-state index is 12.7. The van der Waals surface area contributed by atoms with E-state index in [1.165, 1.54) is 0 Å². The maximum Gasteiger partial charge on any atom is 0.239 e. The first kappa shape index (κ1) is 18.7. The molecule has 2 rings (SSSR count). The minimum absolute atomic E-state index is 0.165. The van der Waals surface area contributed by atoms with Crippen LogP contribution in [0, 0.1) is 19.3 Å². The van der Waals surface area contributed by atoms with E-state index in [2.05, 4.69) is 10.6 Å². The summed E-state index contributed by atoms with van der Waals surface area (Å²) in [4.78, 5) is 25.3. The fourth-order valence-electron chi connectivity index (χ4n) is 2.54. The van der Waals surface area contributed by atoms with Gasteiger partial charge in [0.2, 0.25) is 11.8 Å². The average molecular weight is 338 g/mol. The summed E-state index contributed by atoms with van der Waals surface area (Å²) in [6.45, 7) is 9.12. The lowest BCUT2D eigenvalue weighted by atomic mass is 9.90. The Balaban J connectivity index is 2.08. The van der Waals surface area contributed by atoms with Crippen LogP contribution < -0.4 is 10.6 Å². The number of hydrogen-bond acceptors (Lipinski definition) is 2. The molecule has 0 saturated heterocycles. The molecule has 0 saturated carbocycles. The molecule has 2 aromatic rings. The van der Waals surface area contributed by atoms with Gasteiger partial charge in [-0.1, -0.05) is 48.0 Å². The van der Waals surface area contributed by atoms with Gasteiger partial charge in [-0.25, -0.2) is 0 Å². The Morgan fingerprint density at radius 1 is 0.960 bits per heavy atom. The Labute approximate surface area is 149 Å². The summed E-state index contributed by atoms with van der Waals surface area (Å²) >= 11 is 0. The SMILES string of the molecule is Cc1ccc(NC(=O)C(C)(C)C(=O)NC(C)c2ccccc2)c(C)c1. The van der Waals surface area contributed by atoms with Gasteiger partial charge >= 0.3 is 0 Å². The van der Waals surface area contributed by atoms with Crippen LogP contribution in [0.1, 0.15) is 43.5 Å². The topological polar surface area (TPSA) is 58.2 Å². The average Bonchev–Trinajstić information content (AvgIpc) is 2.57. The van der Waals surface area contributed by atoms with Crippen molar-refractivity contribution < 1.29 is 9.59 Å². The lowest BCUT2D eigenvalue weighted by molar-refractivity contribution is -0.138. The van der Waals surface area contributed by atoms with Gasteiger partial charge in [0.15, 0.2) is 0 Å². The Morgan fingerprint density at radius 2 is 1.60 bits per heavy atom. The van der Waals surface area contributed by atoms with Crippen LogP contribution in [0.5, 0.6) is 0 Å². The molecule has 0 heterocycles. The van der Waals surface area contributed by atoms with E-state index in [4.69, 9.17) is 0 Å². The van der Waals surface area contributed by atoms with Crippen LogP contribution in [0.2, 0.25) is 0 Å². The molecule has 1 unspecified atom stereocenters. The number of rotatable bonds is 5. The van der Waals surface area contributed by atoms with Crippen LogP contribution in [0.3, 0.4) is 0 Å². The van der Waals surface area contributed by atoms with Gasteiger partial charge in [-0.3, -0.25) is 9.59 Å². The third-order valence-electron chi connectivity index (χ3n) is 4.41. The molecule has 25 heavy (non-hydrogen) atoms. The van der Waals surface area contributed by atoms with Crippen LogP contribution in [0.4, 0.5) is 5.69 Å². The third-order valence-corrected chi connectivity index (χ3v) is 4.41. The molecule has 2 N–H and O–H groups in total. The van der Waals surface area contributed by atoms with Gasteiger partial charge in [-0.05, 0) is 51.8 Å². The van der Waals surface area contributed by atoms with Crippen molar-refractivity contribution in [2.24, 2.45) is 5.41 Å². The summed E-state index contributed by atoms with van der Waals surface area (Å²) in [5.74, 6) is -0.622. The molecule has 0 aliphatic carbocycles. The number of hydrogen-bond donors (Lipinski definition) is 2. The number of amides is 2. The molecule has 0 fully saturated rings. The summed E-state index contributed by atoms with van der Waals surface area (Å²) in [5, 5.41) is 5.80. The molecule has 132 valence electrons. The van der Waals surface area contributed by atoms with Crippen molar-refractivity contribution in [3.05, 3.63) is 65.2 Å². The highest BCUT2D eigenvalue weighted by Crippen LogP contribution is 2.23. The van der Waals surface area contributed by atoms with Crippen molar-refractivity contribution in [1.82, 2.24) is 5.32 Å². The van der Waals surface area contributed by atoms with Crippen molar-refractivity contribution in [3.8, 4) is 0 Å². The second-order valence-electron chi connectivity index (χ2n) is 7.00. The van der Waals surface area contributed by atoms with Gasteiger partial charge in [-0.15, -0.1) is 0 Å². The van der Waals surface area contributed by atoms with Crippen molar-refractivity contribution in [1.29, 1.82) is 0 Å². The van der Waals surface area contributed by atoms with Crippen molar-refractivity contribution in [3.63, 3.8) is 0 Å². The highest BCUT2D eigenvalue weighted by molar-refractivity contribution is 6.10. The number of benzene rings is 2. The van der Waals surface area contributed by atoms with Crippen LogP contribution in [0.15, 0.2) is 48.5 Å². The molecular weight excluding hydrogens is 312 g/mol. The quantitative estimate of drug-likeness (QED) is 0.805. The summed E-state index contributed by atoms with van der Waals surface area (Å²) in [6, 6.07) is 15.3. The Kier molecular flexibility index (Phi) is 5.62. The summed E-state index contributed by atoms with van der Waals surface area (Å²) in [6.07, 6.45) is 0. The minimum Gasteiger partial charge on any atom is -0.349 e. The van der Waals surface area contributed by atoms with Gasteiger partial charge in [0.1, 0.15) is 5.41 Å². The Bertz CT molecular complexity index is 767. The van der Waals surface area contributed by atoms with Gasteiger partial charge in [-0.2, -0.15) is 0 Å². The molecule has 0 aliphatic heterocycles. The van der Waals surface area contributed by atoms with E-state index in [0.717, 1.165) is 22.4 Å². The van der Waals surface area contributed by atoms with Crippen molar-refractivity contribution in [2.45, 2.75) is 40.7 Å². The van der Waals surface area contributed by atoms with E-state index in [1.54, 1.807) is 13.8 Å². The zero-order valence-electron chi connectivity index (χ0n) is 15.5. The van der Waals surface area contributed by atoms with Crippen molar-refractivity contribution in [2.75, 3.05) is 5.32 Å². The smallest absolute Gasteiger partial charge is 0.239 e. The molecule has 0 aliphatic rings. The van der Waals surface area contributed by atoms with Crippen LogP contribution in [-0.2, 0) is 9.59 Å². The van der Waals surface area contributed by atoms with E-state index in [0.29, 0.717) is 0 Å². The first-order chi connectivity index (χ1) is 11.7. The minimum atomic E-state index is -1.18. The van der Waals surface area contributed by atoms with Gasteiger partial charge in [0.25, 0.3) is 0 Å².